The lowest BCUT2D eigenvalue weighted by atomic mass is 9.73. The molecule has 10 rings (SSSR count). The molecular formula is C42H32N8. The second-order valence-electron chi connectivity index (χ2n) is 14.1. The molecule has 0 radical (unpaired) electrons. The average Bonchev–Trinajstić information content (AvgIpc) is 3.15. The minimum atomic E-state index is -0.244. The lowest BCUT2D eigenvalue weighted by molar-refractivity contribution is 0.629. The van der Waals surface area contributed by atoms with Crippen molar-refractivity contribution in [3.8, 4) is 0 Å². The number of nitrogens with zero attached hydrogens (tertiary/aromatic N) is 8. The second-order valence-corrected chi connectivity index (χ2v) is 14.1. The molecule has 0 amide bonds. The summed E-state index contributed by atoms with van der Waals surface area (Å²) in [7, 11) is 0. The first-order valence-corrected chi connectivity index (χ1v) is 16.9. The lowest BCUT2D eigenvalue weighted by Crippen LogP contribution is -2.34. The topological polar surface area (TPSA) is 83.8 Å². The van der Waals surface area contributed by atoms with Gasteiger partial charge < -0.3 is 0 Å². The normalized spacial score (nSPS) is 15.4. The number of fused-ring (bicyclic) bond motifs is 10. The Kier molecular flexibility index (Phi) is 5.81. The van der Waals surface area contributed by atoms with E-state index in [0.29, 0.717) is 44.7 Å². The third kappa shape index (κ3) is 3.76. The van der Waals surface area contributed by atoms with E-state index in [4.69, 9.17) is 29.9 Å². The van der Waals surface area contributed by atoms with Crippen molar-refractivity contribution in [3.63, 3.8) is 0 Å². The van der Waals surface area contributed by atoms with Crippen molar-refractivity contribution >= 4 is 67.5 Å². The summed E-state index contributed by atoms with van der Waals surface area (Å²) in [5, 5.41) is 0. The van der Waals surface area contributed by atoms with Crippen molar-refractivity contribution in [2.75, 3.05) is 9.80 Å². The summed E-state index contributed by atoms with van der Waals surface area (Å²) in [6.45, 7) is 9.18. The zero-order valence-corrected chi connectivity index (χ0v) is 28.1. The summed E-state index contributed by atoms with van der Waals surface area (Å²) in [4.78, 5) is 34.9. The lowest BCUT2D eigenvalue weighted by Gasteiger charge is -2.44. The minimum Gasteiger partial charge on any atom is -0.291 e. The highest BCUT2D eigenvalue weighted by Gasteiger charge is 2.42. The van der Waals surface area contributed by atoms with Crippen molar-refractivity contribution < 1.29 is 0 Å². The van der Waals surface area contributed by atoms with E-state index in [1.165, 1.54) is 22.3 Å². The molecule has 5 aromatic carbocycles. The number of rotatable bonds is 2. The highest BCUT2D eigenvalue weighted by atomic mass is 15.3. The molecule has 0 aliphatic carbocycles. The molecule has 0 fully saturated rings. The second kappa shape index (κ2) is 10.1. The first-order chi connectivity index (χ1) is 24.4. The highest BCUT2D eigenvalue weighted by Crippen LogP contribution is 2.57. The number of aromatic nitrogens is 6. The third-order valence-corrected chi connectivity index (χ3v) is 10.6. The van der Waals surface area contributed by atoms with E-state index in [-0.39, 0.29) is 10.8 Å². The SMILES string of the molecule is CC1(C)c2ccccc2N(c2nc3c4nccnc4c4nccnc4c3nc2N2c3ccccc3C(C)(C)c3ccccc32)c2ccccc21. The highest BCUT2D eigenvalue weighted by molar-refractivity contribution is 6.18. The molecule has 0 spiro atoms. The molecule has 8 heteroatoms. The molecular weight excluding hydrogens is 617 g/mol. The molecule has 8 nitrogen and oxygen atoms in total. The van der Waals surface area contributed by atoms with Gasteiger partial charge in [-0.25, -0.2) is 9.97 Å². The van der Waals surface area contributed by atoms with Crippen LogP contribution < -0.4 is 9.80 Å². The van der Waals surface area contributed by atoms with Crippen LogP contribution in [0.4, 0.5) is 34.4 Å². The fraction of sp³-hybridized carbons (Fsp3) is 0.143. The summed E-state index contributed by atoms with van der Waals surface area (Å²) < 4.78 is 0. The number of para-hydroxylation sites is 4. The molecule has 50 heavy (non-hydrogen) atoms. The molecule has 0 unspecified atom stereocenters. The van der Waals surface area contributed by atoms with Gasteiger partial charge in [0, 0.05) is 35.6 Å². The van der Waals surface area contributed by atoms with Crippen LogP contribution in [-0.4, -0.2) is 29.9 Å². The van der Waals surface area contributed by atoms with Crippen LogP contribution in [-0.2, 0) is 10.8 Å². The van der Waals surface area contributed by atoms with Crippen molar-refractivity contribution in [2.45, 2.75) is 38.5 Å². The molecule has 2 aliphatic rings. The summed E-state index contributed by atoms with van der Waals surface area (Å²) in [5.41, 5.74) is 12.4. The van der Waals surface area contributed by atoms with Gasteiger partial charge in [-0.1, -0.05) is 100 Å². The molecule has 0 bridgehead atoms. The van der Waals surface area contributed by atoms with Gasteiger partial charge in [0.15, 0.2) is 11.6 Å². The van der Waals surface area contributed by atoms with Crippen LogP contribution in [0.2, 0.25) is 0 Å². The largest absolute Gasteiger partial charge is 0.291 e. The van der Waals surface area contributed by atoms with E-state index in [2.05, 4.69) is 135 Å². The van der Waals surface area contributed by atoms with Crippen molar-refractivity contribution in [1.82, 2.24) is 29.9 Å². The Labute approximate surface area is 289 Å². The Morgan fingerprint density at radius 2 is 0.620 bits per heavy atom. The molecule has 5 heterocycles. The van der Waals surface area contributed by atoms with Gasteiger partial charge >= 0.3 is 0 Å². The number of hydrogen-bond donors (Lipinski definition) is 0. The van der Waals surface area contributed by atoms with Gasteiger partial charge in [-0.15, -0.1) is 0 Å². The fourth-order valence-corrected chi connectivity index (χ4v) is 8.21. The van der Waals surface area contributed by atoms with Gasteiger partial charge in [-0.05, 0) is 46.5 Å². The third-order valence-electron chi connectivity index (χ3n) is 10.6. The fourth-order valence-electron chi connectivity index (χ4n) is 8.21. The molecule has 3 aromatic heterocycles. The maximum Gasteiger partial charge on any atom is 0.182 e. The average molecular weight is 649 g/mol. The van der Waals surface area contributed by atoms with Gasteiger partial charge in [0.1, 0.15) is 33.1 Å². The van der Waals surface area contributed by atoms with Gasteiger partial charge in [-0.2, -0.15) is 0 Å². The quantitative estimate of drug-likeness (QED) is 0.171. The Balaban J connectivity index is 1.40. The zero-order chi connectivity index (χ0) is 33.8. The first-order valence-electron chi connectivity index (χ1n) is 16.9. The van der Waals surface area contributed by atoms with E-state index in [1.54, 1.807) is 24.8 Å². The molecule has 0 saturated carbocycles. The minimum absolute atomic E-state index is 0.244. The summed E-state index contributed by atoms with van der Waals surface area (Å²) in [6.07, 6.45) is 6.78. The predicted molar refractivity (Wildman–Crippen MR) is 199 cm³/mol. The van der Waals surface area contributed by atoms with Crippen LogP contribution in [0, 0.1) is 0 Å². The Morgan fingerprint density at radius 3 is 0.920 bits per heavy atom. The van der Waals surface area contributed by atoms with E-state index < -0.39 is 0 Å². The Hall–Kier alpha value is -6.28. The van der Waals surface area contributed by atoms with Gasteiger partial charge in [-0.3, -0.25) is 29.7 Å². The van der Waals surface area contributed by atoms with Crippen LogP contribution in [0.25, 0.3) is 33.1 Å². The van der Waals surface area contributed by atoms with Crippen LogP contribution in [0.3, 0.4) is 0 Å². The molecule has 0 atom stereocenters. The maximum atomic E-state index is 5.63. The number of anilines is 6. The zero-order valence-electron chi connectivity index (χ0n) is 28.1. The predicted octanol–water partition coefficient (Wildman–Crippen LogP) is 9.73. The molecule has 0 saturated heterocycles. The number of benzene rings is 5. The van der Waals surface area contributed by atoms with E-state index in [9.17, 15) is 0 Å². The Morgan fingerprint density at radius 1 is 0.360 bits per heavy atom. The van der Waals surface area contributed by atoms with Crippen LogP contribution in [0.1, 0.15) is 49.9 Å². The van der Waals surface area contributed by atoms with Crippen LogP contribution in [0.5, 0.6) is 0 Å². The van der Waals surface area contributed by atoms with E-state index >= 15 is 0 Å². The van der Waals surface area contributed by atoms with Crippen molar-refractivity contribution in [3.05, 3.63) is 144 Å². The smallest absolute Gasteiger partial charge is 0.182 e. The standard InChI is InChI=1S/C42H32N8/c1-41(2)25-13-5-9-17-29(25)49(30-18-10-6-14-26(30)41)39-40(50-31-19-11-7-15-27(31)42(3,4)28-16-8-12-20-32(28)50)48-38-36-34(44-22-24-46-36)33-35(37(38)47-39)45-23-21-43-33/h5-24H,1-4H3. The summed E-state index contributed by atoms with van der Waals surface area (Å²) >= 11 is 0. The van der Waals surface area contributed by atoms with Crippen molar-refractivity contribution in [2.24, 2.45) is 0 Å². The summed E-state index contributed by atoms with van der Waals surface area (Å²) in [5.74, 6) is 1.37. The van der Waals surface area contributed by atoms with Gasteiger partial charge in [0.2, 0.25) is 0 Å². The molecule has 0 N–H and O–H groups in total. The van der Waals surface area contributed by atoms with E-state index in [0.717, 1.165) is 22.7 Å². The van der Waals surface area contributed by atoms with Gasteiger partial charge in [0.25, 0.3) is 0 Å². The molecule has 8 aromatic rings. The molecule has 2 aliphatic heterocycles. The molecule has 240 valence electrons. The number of hydrogen-bond acceptors (Lipinski definition) is 8. The van der Waals surface area contributed by atoms with E-state index in [1.807, 2.05) is 0 Å². The first kappa shape index (κ1) is 28.7. The summed E-state index contributed by atoms with van der Waals surface area (Å²) in [6, 6.07) is 34.5. The Bertz CT molecular complexity index is 2410. The van der Waals surface area contributed by atoms with Crippen molar-refractivity contribution in [1.29, 1.82) is 0 Å². The van der Waals surface area contributed by atoms with Gasteiger partial charge in [0.05, 0.1) is 22.7 Å². The monoisotopic (exact) mass is 648 g/mol. The van der Waals surface area contributed by atoms with Crippen LogP contribution in [0.15, 0.2) is 122 Å². The maximum absolute atomic E-state index is 5.63. The van der Waals surface area contributed by atoms with Crippen LogP contribution >= 0.6 is 0 Å².